The number of H-pyrrole nitrogens is 1. The highest BCUT2D eigenvalue weighted by Gasteiger charge is 2.35. The van der Waals surface area contributed by atoms with Gasteiger partial charge in [0, 0.05) is 18.7 Å². The fourth-order valence-electron chi connectivity index (χ4n) is 4.32. The molecule has 0 aliphatic carbocycles. The van der Waals surface area contributed by atoms with E-state index < -0.39 is 10.0 Å². The predicted molar refractivity (Wildman–Crippen MR) is 112 cm³/mol. The Kier molecular flexibility index (Phi) is 5.50. The molecule has 1 aromatic carbocycles. The summed E-state index contributed by atoms with van der Waals surface area (Å²) in [6.07, 6.45) is 3.04. The van der Waals surface area contributed by atoms with Crippen LogP contribution in [0.5, 0.6) is 0 Å². The van der Waals surface area contributed by atoms with Crippen LogP contribution in [0.25, 0.3) is 0 Å². The first-order valence-electron chi connectivity index (χ1n) is 10.2. The lowest BCUT2D eigenvalue weighted by Gasteiger charge is -2.29. The van der Waals surface area contributed by atoms with Crippen molar-refractivity contribution in [2.24, 2.45) is 0 Å². The zero-order chi connectivity index (χ0) is 21.5. The lowest BCUT2D eigenvalue weighted by Crippen LogP contribution is -2.40. The molecule has 1 N–H and O–H groups in total. The normalized spacial score (nSPS) is 20.7. The monoisotopic (exact) mass is 430 g/mol. The Morgan fingerprint density at radius 3 is 2.67 bits per heavy atom. The zero-order valence-corrected chi connectivity index (χ0v) is 18.0. The largest absolute Gasteiger partial charge is 0.332 e. The van der Waals surface area contributed by atoms with Crippen LogP contribution in [0, 0.1) is 0 Å². The predicted octanol–water partition coefficient (Wildman–Crippen LogP) is 1.55. The van der Waals surface area contributed by atoms with Gasteiger partial charge in [0.15, 0.2) is 0 Å². The fraction of sp³-hybridized carbons (Fsp3) is 0.476. The number of sulfonamides is 1. The molecule has 2 unspecified atom stereocenters. The highest BCUT2D eigenvalue weighted by atomic mass is 32.2. The van der Waals surface area contributed by atoms with Crippen molar-refractivity contribution in [3.05, 3.63) is 63.3 Å². The number of carbonyl (C=O) groups is 1. The summed E-state index contributed by atoms with van der Waals surface area (Å²) in [7, 11) is -3.36. The molecule has 2 atom stereocenters. The molecule has 2 aromatic rings. The van der Waals surface area contributed by atoms with Gasteiger partial charge in [-0.1, -0.05) is 30.3 Å². The first kappa shape index (κ1) is 20.7. The molecule has 1 fully saturated rings. The number of hydrogen-bond acceptors (Lipinski definition) is 5. The topological polar surface area (TPSA) is 103 Å². The number of aromatic amines is 1. The number of fused-ring (bicyclic) bond motifs is 1. The maximum absolute atomic E-state index is 13.2. The van der Waals surface area contributed by atoms with Crippen molar-refractivity contribution >= 4 is 15.9 Å². The molecule has 0 spiro atoms. The smallest absolute Gasteiger partial charge is 0.254 e. The van der Waals surface area contributed by atoms with Gasteiger partial charge < -0.3 is 9.88 Å². The lowest BCUT2D eigenvalue weighted by atomic mass is 9.99. The molecular formula is C21H26N4O4S. The van der Waals surface area contributed by atoms with Crippen molar-refractivity contribution in [1.82, 2.24) is 19.2 Å². The number of carbonyl (C=O) groups excluding carboxylic acids is 1. The van der Waals surface area contributed by atoms with Crippen LogP contribution in [0.3, 0.4) is 0 Å². The number of rotatable bonds is 4. The van der Waals surface area contributed by atoms with Crippen LogP contribution >= 0.6 is 0 Å². The number of likely N-dealkylation sites (tertiary alicyclic amines) is 1. The Morgan fingerprint density at radius 2 is 1.97 bits per heavy atom. The van der Waals surface area contributed by atoms with Gasteiger partial charge >= 0.3 is 0 Å². The minimum absolute atomic E-state index is 0.00170. The van der Waals surface area contributed by atoms with Crippen LogP contribution in [0.15, 0.2) is 35.1 Å². The molecular weight excluding hydrogens is 404 g/mol. The molecule has 1 amide bonds. The summed E-state index contributed by atoms with van der Waals surface area (Å²) in [5.74, 6) is 0.152. The minimum atomic E-state index is -3.36. The van der Waals surface area contributed by atoms with Gasteiger partial charge in [0.1, 0.15) is 5.82 Å². The molecule has 1 saturated heterocycles. The highest BCUT2D eigenvalue weighted by Crippen LogP contribution is 2.33. The van der Waals surface area contributed by atoms with Gasteiger partial charge in [-0.05, 0) is 31.7 Å². The van der Waals surface area contributed by atoms with Crippen LogP contribution in [0.4, 0.5) is 0 Å². The van der Waals surface area contributed by atoms with E-state index in [-0.39, 0.29) is 36.5 Å². The number of nitrogens with one attached hydrogen (secondary N) is 1. The van der Waals surface area contributed by atoms with E-state index in [4.69, 9.17) is 0 Å². The zero-order valence-electron chi connectivity index (χ0n) is 17.2. The molecule has 0 saturated carbocycles. The second-order valence-electron chi connectivity index (χ2n) is 8.04. The summed E-state index contributed by atoms with van der Waals surface area (Å²) in [6.45, 7) is 2.86. The van der Waals surface area contributed by atoms with E-state index in [9.17, 15) is 18.0 Å². The summed E-state index contributed by atoms with van der Waals surface area (Å²) >= 11 is 0. The lowest BCUT2D eigenvalue weighted by molar-refractivity contribution is -0.133. The summed E-state index contributed by atoms with van der Waals surface area (Å²) in [5, 5.41) is 0. The number of nitrogens with zero attached hydrogens (tertiary/aromatic N) is 3. The van der Waals surface area contributed by atoms with Crippen molar-refractivity contribution in [1.29, 1.82) is 0 Å². The van der Waals surface area contributed by atoms with Crippen molar-refractivity contribution in [2.75, 3.05) is 19.3 Å². The summed E-state index contributed by atoms with van der Waals surface area (Å²) in [4.78, 5) is 35.2. The van der Waals surface area contributed by atoms with Crippen LogP contribution in [0.1, 0.15) is 54.4 Å². The van der Waals surface area contributed by atoms with Crippen molar-refractivity contribution in [3.8, 4) is 0 Å². The van der Waals surface area contributed by atoms with E-state index in [0.29, 0.717) is 36.5 Å². The average molecular weight is 431 g/mol. The molecule has 160 valence electrons. The summed E-state index contributed by atoms with van der Waals surface area (Å²) in [6, 6.07) is 9.31. The second-order valence-corrected chi connectivity index (χ2v) is 10.0. The standard InChI is InChI=1S/C21H26N4O4S/c1-14(15-7-4-3-5-8-15)21(27)25-11-6-9-18(25)19-22-17-13-24(30(2,28)29)12-10-16(17)20(26)23-19/h3-5,7-8,14,18H,6,9-13H2,1-2H3,(H,22,23,26). The van der Waals surface area contributed by atoms with Gasteiger partial charge in [0.2, 0.25) is 15.9 Å². The van der Waals surface area contributed by atoms with Crippen LogP contribution in [0.2, 0.25) is 0 Å². The maximum Gasteiger partial charge on any atom is 0.254 e. The molecule has 2 aliphatic heterocycles. The minimum Gasteiger partial charge on any atom is -0.332 e. The average Bonchev–Trinajstić information content (AvgIpc) is 3.22. The Labute approximate surface area is 176 Å². The van der Waals surface area contributed by atoms with E-state index in [0.717, 1.165) is 18.2 Å². The first-order valence-corrected chi connectivity index (χ1v) is 12.0. The third kappa shape index (κ3) is 3.91. The van der Waals surface area contributed by atoms with Crippen molar-refractivity contribution in [3.63, 3.8) is 0 Å². The van der Waals surface area contributed by atoms with Crippen LogP contribution < -0.4 is 5.56 Å². The number of amides is 1. The molecule has 0 radical (unpaired) electrons. The van der Waals surface area contributed by atoms with Crippen molar-refractivity contribution < 1.29 is 13.2 Å². The molecule has 8 nitrogen and oxygen atoms in total. The molecule has 3 heterocycles. The molecule has 2 aliphatic rings. The Morgan fingerprint density at radius 1 is 1.23 bits per heavy atom. The fourth-order valence-corrected chi connectivity index (χ4v) is 5.10. The van der Waals surface area contributed by atoms with Gasteiger partial charge in [-0.25, -0.2) is 13.4 Å². The van der Waals surface area contributed by atoms with Crippen molar-refractivity contribution in [2.45, 2.75) is 44.7 Å². The maximum atomic E-state index is 13.2. The van der Waals surface area contributed by atoms with Gasteiger partial charge in [0.25, 0.3) is 5.56 Å². The van der Waals surface area contributed by atoms with E-state index >= 15 is 0 Å². The Hall–Kier alpha value is -2.52. The number of aromatic nitrogens is 2. The van der Waals surface area contributed by atoms with Crippen LogP contribution in [-0.2, 0) is 27.8 Å². The second kappa shape index (κ2) is 7.96. The number of hydrogen-bond donors (Lipinski definition) is 1. The van der Waals surface area contributed by atoms with Gasteiger partial charge in [-0.3, -0.25) is 9.59 Å². The Bertz CT molecular complexity index is 1110. The Balaban J connectivity index is 1.63. The third-order valence-corrected chi connectivity index (χ3v) is 7.30. The first-order chi connectivity index (χ1) is 14.3. The van der Waals surface area contributed by atoms with E-state index in [1.807, 2.05) is 37.3 Å². The summed E-state index contributed by atoms with van der Waals surface area (Å²) < 4.78 is 25.2. The molecule has 9 heteroatoms. The van der Waals surface area contributed by atoms with Gasteiger partial charge in [-0.15, -0.1) is 0 Å². The van der Waals surface area contributed by atoms with E-state index in [1.165, 1.54) is 4.31 Å². The van der Waals surface area contributed by atoms with E-state index in [1.54, 1.807) is 4.90 Å². The summed E-state index contributed by atoms with van der Waals surface area (Å²) in [5.41, 5.74) is 1.73. The van der Waals surface area contributed by atoms with Crippen LogP contribution in [-0.4, -0.2) is 52.8 Å². The SMILES string of the molecule is CC(C(=O)N1CCCC1c1nc2c(c(=O)[nH]1)CCN(S(C)(=O)=O)C2)c1ccccc1. The van der Waals surface area contributed by atoms with E-state index in [2.05, 4.69) is 9.97 Å². The quantitative estimate of drug-likeness (QED) is 0.793. The molecule has 4 rings (SSSR count). The third-order valence-electron chi connectivity index (χ3n) is 6.05. The number of benzene rings is 1. The molecule has 0 bridgehead atoms. The molecule has 1 aromatic heterocycles. The highest BCUT2D eigenvalue weighted by molar-refractivity contribution is 7.88. The van der Waals surface area contributed by atoms with Gasteiger partial charge in [-0.2, -0.15) is 4.31 Å². The van der Waals surface area contributed by atoms with Gasteiger partial charge in [0.05, 0.1) is 30.5 Å². The molecule has 30 heavy (non-hydrogen) atoms.